The van der Waals surface area contributed by atoms with Gasteiger partial charge in [-0.3, -0.25) is 0 Å². The van der Waals surface area contributed by atoms with Gasteiger partial charge in [0.1, 0.15) is 5.76 Å². The highest BCUT2D eigenvalue weighted by molar-refractivity contribution is 6.30. The van der Waals surface area contributed by atoms with E-state index in [9.17, 15) is 4.79 Å². The van der Waals surface area contributed by atoms with E-state index in [1.54, 1.807) is 25.1 Å². The molecule has 0 unspecified atom stereocenters. The zero-order chi connectivity index (χ0) is 11.7. The lowest BCUT2D eigenvalue weighted by atomic mass is 10.1. The van der Waals surface area contributed by atoms with Crippen molar-refractivity contribution in [3.8, 4) is 11.3 Å². The first-order valence-electron chi connectivity index (χ1n) is 4.67. The van der Waals surface area contributed by atoms with Crippen LogP contribution in [0.15, 0.2) is 34.7 Å². The van der Waals surface area contributed by atoms with Gasteiger partial charge in [-0.25, -0.2) is 4.79 Å². The van der Waals surface area contributed by atoms with Crippen LogP contribution in [0.2, 0.25) is 5.02 Å². The van der Waals surface area contributed by atoms with Crippen molar-refractivity contribution in [1.82, 2.24) is 0 Å². The summed E-state index contributed by atoms with van der Waals surface area (Å²) in [6.45, 7) is 1.80. The molecule has 4 heteroatoms. The average Bonchev–Trinajstić information content (AvgIpc) is 2.60. The van der Waals surface area contributed by atoms with Gasteiger partial charge in [0, 0.05) is 10.6 Å². The molecule has 0 bridgehead atoms. The van der Waals surface area contributed by atoms with E-state index in [1.807, 2.05) is 6.07 Å². The molecule has 2 rings (SSSR count). The van der Waals surface area contributed by atoms with Crippen molar-refractivity contribution < 1.29 is 14.3 Å². The Kier molecular flexibility index (Phi) is 2.71. The fourth-order valence-corrected chi connectivity index (χ4v) is 1.69. The van der Waals surface area contributed by atoms with E-state index in [4.69, 9.17) is 21.1 Å². The van der Waals surface area contributed by atoms with Crippen LogP contribution in [-0.4, -0.2) is 11.1 Å². The molecule has 2 aromatic rings. The van der Waals surface area contributed by atoms with Gasteiger partial charge in [-0.2, -0.15) is 0 Å². The van der Waals surface area contributed by atoms with E-state index in [1.165, 1.54) is 6.07 Å². The van der Waals surface area contributed by atoms with Crippen LogP contribution in [-0.2, 0) is 0 Å². The third-order valence-corrected chi connectivity index (χ3v) is 2.45. The number of hydrogen-bond acceptors (Lipinski definition) is 2. The second-order valence-corrected chi connectivity index (χ2v) is 3.87. The van der Waals surface area contributed by atoms with Gasteiger partial charge in [0.2, 0.25) is 5.76 Å². The summed E-state index contributed by atoms with van der Waals surface area (Å²) in [6.07, 6.45) is 0. The van der Waals surface area contributed by atoms with E-state index in [-0.39, 0.29) is 5.76 Å². The number of carbonyl (C=O) groups is 1. The quantitative estimate of drug-likeness (QED) is 0.867. The SMILES string of the molecule is Cc1cc(C(=O)O)oc1-c1cccc(Cl)c1. The van der Waals surface area contributed by atoms with Crippen LogP contribution >= 0.6 is 11.6 Å². The smallest absolute Gasteiger partial charge is 0.371 e. The molecule has 3 nitrogen and oxygen atoms in total. The molecule has 0 fully saturated rings. The maximum Gasteiger partial charge on any atom is 0.371 e. The Bertz CT molecular complexity index is 543. The summed E-state index contributed by atoms with van der Waals surface area (Å²) in [7, 11) is 0. The lowest BCUT2D eigenvalue weighted by molar-refractivity contribution is 0.0663. The lowest BCUT2D eigenvalue weighted by Crippen LogP contribution is -1.91. The fourth-order valence-electron chi connectivity index (χ4n) is 1.50. The number of carboxylic acid groups (broad SMARTS) is 1. The molecule has 1 heterocycles. The monoisotopic (exact) mass is 236 g/mol. The van der Waals surface area contributed by atoms with Crippen LogP contribution in [0.4, 0.5) is 0 Å². The van der Waals surface area contributed by atoms with E-state index >= 15 is 0 Å². The zero-order valence-corrected chi connectivity index (χ0v) is 9.28. The van der Waals surface area contributed by atoms with Gasteiger partial charge in [-0.1, -0.05) is 23.7 Å². The lowest BCUT2D eigenvalue weighted by Gasteiger charge is -1.98. The summed E-state index contributed by atoms with van der Waals surface area (Å²) in [6, 6.07) is 8.60. The second-order valence-electron chi connectivity index (χ2n) is 3.44. The van der Waals surface area contributed by atoms with Crippen molar-refractivity contribution in [3.05, 3.63) is 46.7 Å². The molecular weight excluding hydrogens is 228 g/mol. The van der Waals surface area contributed by atoms with Gasteiger partial charge >= 0.3 is 5.97 Å². The number of hydrogen-bond donors (Lipinski definition) is 1. The molecule has 0 spiro atoms. The third kappa shape index (κ3) is 1.95. The minimum Gasteiger partial charge on any atom is -0.475 e. The van der Waals surface area contributed by atoms with Crippen LogP contribution in [0.1, 0.15) is 16.1 Å². The van der Waals surface area contributed by atoms with Crippen molar-refractivity contribution in [3.63, 3.8) is 0 Å². The Morgan fingerprint density at radius 1 is 1.38 bits per heavy atom. The molecule has 0 saturated carbocycles. The second kappa shape index (κ2) is 4.02. The molecule has 0 aliphatic heterocycles. The maximum atomic E-state index is 10.7. The summed E-state index contributed by atoms with van der Waals surface area (Å²) in [5, 5.41) is 9.39. The number of aryl methyl sites for hydroxylation is 1. The number of halogens is 1. The Labute approximate surface area is 97.3 Å². The number of carboxylic acids is 1. The van der Waals surface area contributed by atoms with Gasteiger partial charge in [0.15, 0.2) is 0 Å². The first-order valence-corrected chi connectivity index (χ1v) is 5.05. The highest BCUT2D eigenvalue weighted by Gasteiger charge is 2.14. The molecule has 16 heavy (non-hydrogen) atoms. The van der Waals surface area contributed by atoms with E-state index in [0.717, 1.165) is 11.1 Å². The summed E-state index contributed by atoms with van der Waals surface area (Å²) in [4.78, 5) is 10.7. The van der Waals surface area contributed by atoms with Gasteiger partial charge in [0.25, 0.3) is 0 Å². The Balaban J connectivity index is 2.52. The largest absolute Gasteiger partial charge is 0.475 e. The number of rotatable bonds is 2. The first kappa shape index (κ1) is 10.8. The normalized spacial score (nSPS) is 10.4. The average molecular weight is 237 g/mol. The van der Waals surface area contributed by atoms with E-state index in [0.29, 0.717) is 10.8 Å². The molecule has 0 saturated heterocycles. The van der Waals surface area contributed by atoms with Crippen molar-refractivity contribution >= 4 is 17.6 Å². The van der Waals surface area contributed by atoms with Crippen molar-refractivity contribution in [2.24, 2.45) is 0 Å². The van der Waals surface area contributed by atoms with Crippen LogP contribution in [0.25, 0.3) is 11.3 Å². The number of furan rings is 1. The topological polar surface area (TPSA) is 50.4 Å². The minimum atomic E-state index is -1.07. The van der Waals surface area contributed by atoms with Gasteiger partial charge in [-0.15, -0.1) is 0 Å². The van der Waals surface area contributed by atoms with Crippen molar-refractivity contribution in [2.75, 3.05) is 0 Å². The molecule has 0 amide bonds. The molecule has 1 aromatic carbocycles. The molecule has 0 radical (unpaired) electrons. The maximum absolute atomic E-state index is 10.7. The first-order chi connectivity index (χ1) is 7.58. The van der Waals surface area contributed by atoms with E-state index in [2.05, 4.69) is 0 Å². The summed E-state index contributed by atoms with van der Waals surface area (Å²) < 4.78 is 5.26. The van der Waals surface area contributed by atoms with E-state index < -0.39 is 5.97 Å². The highest BCUT2D eigenvalue weighted by Crippen LogP contribution is 2.28. The predicted octanol–water partition coefficient (Wildman–Crippen LogP) is 3.61. The Morgan fingerprint density at radius 3 is 2.69 bits per heavy atom. The number of aromatic carboxylic acids is 1. The fraction of sp³-hybridized carbons (Fsp3) is 0.0833. The van der Waals surface area contributed by atoms with Gasteiger partial charge in [0.05, 0.1) is 0 Å². The zero-order valence-electron chi connectivity index (χ0n) is 8.53. The third-order valence-electron chi connectivity index (χ3n) is 2.22. The van der Waals surface area contributed by atoms with Gasteiger partial charge < -0.3 is 9.52 Å². The Hall–Kier alpha value is -1.74. The Morgan fingerprint density at radius 2 is 2.12 bits per heavy atom. The predicted molar refractivity (Wildman–Crippen MR) is 60.9 cm³/mol. The standard InChI is InChI=1S/C12H9ClO3/c1-7-5-10(12(14)15)16-11(7)8-3-2-4-9(13)6-8/h2-6H,1H3,(H,14,15). The van der Waals surface area contributed by atoms with Crippen molar-refractivity contribution in [1.29, 1.82) is 0 Å². The summed E-state index contributed by atoms with van der Waals surface area (Å²) in [5.41, 5.74) is 1.55. The van der Waals surface area contributed by atoms with Crippen LogP contribution in [0, 0.1) is 6.92 Å². The minimum absolute atomic E-state index is 0.0625. The van der Waals surface area contributed by atoms with Gasteiger partial charge in [-0.05, 0) is 30.7 Å². The molecule has 1 aromatic heterocycles. The molecule has 82 valence electrons. The molecular formula is C12H9ClO3. The summed E-state index contributed by atoms with van der Waals surface area (Å²) >= 11 is 5.86. The van der Waals surface area contributed by atoms with Crippen molar-refractivity contribution in [2.45, 2.75) is 6.92 Å². The van der Waals surface area contributed by atoms with Crippen LogP contribution in [0.5, 0.6) is 0 Å². The van der Waals surface area contributed by atoms with Crippen LogP contribution < -0.4 is 0 Å². The molecule has 0 aliphatic carbocycles. The van der Waals surface area contributed by atoms with Crippen LogP contribution in [0.3, 0.4) is 0 Å². The molecule has 0 aliphatic rings. The highest BCUT2D eigenvalue weighted by atomic mass is 35.5. The molecule has 0 atom stereocenters. The molecule has 1 N–H and O–H groups in total. The number of benzene rings is 1. The summed E-state index contributed by atoms with van der Waals surface area (Å²) in [5.74, 6) is -0.594.